The molecule has 0 aliphatic rings. The number of carbonyl (C=O) groups excluding carboxylic acids is 1. The fourth-order valence-electron chi connectivity index (χ4n) is 2.26. The SMILES string of the molecule is CNCCCC(=O)NCc1ccccc1Oc1cccc(C)c1. The second kappa shape index (κ2) is 8.96. The van der Waals surface area contributed by atoms with Crippen molar-refractivity contribution in [1.29, 1.82) is 0 Å². The predicted molar refractivity (Wildman–Crippen MR) is 92.7 cm³/mol. The van der Waals surface area contributed by atoms with Crippen molar-refractivity contribution in [2.75, 3.05) is 13.6 Å². The standard InChI is InChI=1S/C19H24N2O2/c1-15-7-5-9-17(13-15)23-18-10-4-3-8-16(18)14-21-19(22)11-6-12-20-2/h3-5,7-10,13,20H,6,11-12,14H2,1-2H3,(H,21,22). The van der Waals surface area contributed by atoms with Crippen molar-refractivity contribution >= 4 is 5.91 Å². The molecular formula is C19H24N2O2. The van der Waals surface area contributed by atoms with E-state index in [9.17, 15) is 4.79 Å². The highest BCUT2D eigenvalue weighted by Crippen LogP contribution is 2.25. The predicted octanol–water partition coefficient (Wildman–Crippen LogP) is 3.40. The van der Waals surface area contributed by atoms with Crippen LogP contribution in [0.3, 0.4) is 0 Å². The van der Waals surface area contributed by atoms with Crippen molar-refractivity contribution in [3.63, 3.8) is 0 Å². The van der Waals surface area contributed by atoms with E-state index in [1.807, 2.05) is 62.5 Å². The molecule has 0 aromatic heterocycles. The molecule has 23 heavy (non-hydrogen) atoms. The molecule has 0 atom stereocenters. The first-order valence-electron chi connectivity index (χ1n) is 7.93. The number of aryl methyl sites for hydroxylation is 1. The molecule has 2 rings (SSSR count). The molecule has 2 N–H and O–H groups in total. The van der Waals surface area contributed by atoms with Gasteiger partial charge in [-0.3, -0.25) is 4.79 Å². The maximum absolute atomic E-state index is 11.8. The molecule has 0 bridgehead atoms. The molecule has 2 aromatic rings. The Hall–Kier alpha value is -2.33. The number of amides is 1. The van der Waals surface area contributed by atoms with E-state index in [-0.39, 0.29) is 5.91 Å². The second-order valence-electron chi connectivity index (χ2n) is 5.51. The lowest BCUT2D eigenvalue weighted by molar-refractivity contribution is -0.121. The molecule has 0 aliphatic heterocycles. The summed E-state index contributed by atoms with van der Waals surface area (Å²) in [7, 11) is 1.89. The molecule has 0 radical (unpaired) electrons. The summed E-state index contributed by atoms with van der Waals surface area (Å²) in [4.78, 5) is 11.8. The highest BCUT2D eigenvalue weighted by atomic mass is 16.5. The van der Waals surface area contributed by atoms with E-state index >= 15 is 0 Å². The number of carbonyl (C=O) groups is 1. The smallest absolute Gasteiger partial charge is 0.220 e. The van der Waals surface area contributed by atoms with Crippen LogP contribution < -0.4 is 15.4 Å². The third-order valence-corrected chi connectivity index (χ3v) is 3.50. The number of hydrogen-bond acceptors (Lipinski definition) is 3. The van der Waals surface area contributed by atoms with E-state index in [0.29, 0.717) is 13.0 Å². The molecule has 0 aliphatic carbocycles. The van der Waals surface area contributed by atoms with Gasteiger partial charge in [0.2, 0.25) is 5.91 Å². The Labute approximate surface area is 137 Å². The zero-order valence-corrected chi connectivity index (χ0v) is 13.8. The highest BCUT2D eigenvalue weighted by Gasteiger charge is 2.07. The normalized spacial score (nSPS) is 10.3. The number of rotatable bonds is 8. The molecule has 122 valence electrons. The summed E-state index contributed by atoms with van der Waals surface area (Å²) in [5.41, 5.74) is 2.12. The Morgan fingerprint density at radius 2 is 1.96 bits per heavy atom. The summed E-state index contributed by atoms with van der Waals surface area (Å²) in [6.07, 6.45) is 1.37. The third-order valence-electron chi connectivity index (χ3n) is 3.50. The molecule has 0 fully saturated rings. The van der Waals surface area contributed by atoms with Gasteiger partial charge in [0.15, 0.2) is 0 Å². The highest BCUT2D eigenvalue weighted by molar-refractivity contribution is 5.75. The Bertz CT molecular complexity index is 641. The van der Waals surface area contributed by atoms with E-state index in [2.05, 4.69) is 10.6 Å². The van der Waals surface area contributed by atoms with Crippen LogP contribution in [0.15, 0.2) is 48.5 Å². The van der Waals surface area contributed by atoms with Crippen molar-refractivity contribution in [1.82, 2.24) is 10.6 Å². The number of hydrogen-bond donors (Lipinski definition) is 2. The molecule has 1 amide bonds. The quantitative estimate of drug-likeness (QED) is 0.735. The summed E-state index contributed by atoms with van der Waals surface area (Å²) >= 11 is 0. The van der Waals surface area contributed by atoms with Crippen molar-refractivity contribution in [2.45, 2.75) is 26.3 Å². The van der Waals surface area contributed by atoms with Crippen LogP contribution in [0.4, 0.5) is 0 Å². The average Bonchev–Trinajstić information content (AvgIpc) is 2.54. The summed E-state index contributed by atoms with van der Waals surface area (Å²) in [6, 6.07) is 15.7. The molecule has 0 saturated carbocycles. The summed E-state index contributed by atoms with van der Waals surface area (Å²) < 4.78 is 5.96. The van der Waals surface area contributed by atoms with E-state index in [1.54, 1.807) is 0 Å². The van der Waals surface area contributed by atoms with Crippen LogP contribution in [0, 0.1) is 6.92 Å². The van der Waals surface area contributed by atoms with Gasteiger partial charge in [0.1, 0.15) is 11.5 Å². The zero-order valence-electron chi connectivity index (χ0n) is 13.8. The first-order valence-corrected chi connectivity index (χ1v) is 7.93. The minimum atomic E-state index is 0.0607. The Morgan fingerprint density at radius 1 is 1.13 bits per heavy atom. The van der Waals surface area contributed by atoms with Gasteiger partial charge in [0, 0.05) is 18.5 Å². The Kier molecular flexibility index (Phi) is 6.63. The average molecular weight is 312 g/mol. The Balaban J connectivity index is 1.96. The fourth-order valence-corrected chi connectivity index (χ4v) is 2.26. The zero-order chi connectivity index (χ0) is 16.5. The summed E-state index contributed by atoms with van der Waals surface area (Å²) in [5.74, 6) is 1.64. The van der Waals surface area contributed by atoms with Gasteiger partial charge in [-0.05, 0) is 50.7 Å². The number of benzene rings is 2. The van der Waals surface area contributed by atoms with Gasteiger partial charge in [0.05, 0.1) is 0 Å². The molecule has 0 spiro atoms. The van der Waals surface area contributed by atoms with Crippen LogP contribution in [0.5, 0.6) is 11.5 Å². The molecule has 0 unspecified atom stereocenters. The van der Waals surface area contributed by atoms with Gasteiger partial charge in [0.25, 0.3) is 0 Å². The lowest BCUT2D eigenvalue weighted by atomic mass is 10.2. The lowest BCUT2D eigenvalue weighted by Crippen LogP contribution is -2.23. The van der Waals surface area contributed by atoms with E-state index in [4.69, 9.17) is 4.74 Å². The second-order valence-corrected chi connectivity index (χ2v) is 5.51. The van der Waals surface area contributed by atoms with Crippen LogP contribution in [-0.2, 0) is 11.3 Å². The van der Waals surface area contributed by atoms with Gasteiger partial charge in [-0.15, -0.1) is 0 Å². The van der Waals surface area contributed by atoms with Crippen molar-refractivity contribution in [3.8, 4) is 11.5 Å². The minimum Gasteiger partial charge on any atom is -0.457 e. The van der Waals surface area contributed by atoms with Crippen molar-refractivity contribution in [3.05, 3.63) is 59.7 Å². The minimum absolute atomic E-state index is 0.0607. The fraction of sp³-hybridized carbons (Fsp3) is 0.316. The summed E-state index contributed by atoms with van der Waals surface area (Å²) in [5, 5.41) is 5.99. The van der Waals surface area contributed by atoms with Gasteiger partial charge in [-0.1, -0.05) is 30.3 Å². The molecule has 0 saturated heterocycles. The van der Waals surface area contributed by atoms with E-state index in [1.165, 1.54) is 0 Å². The number of nitrogens with one attached hydrogen (secondary N) is 2. The van der Waals surface area contributed by atoms with Crippen molar-refractivity contribution < 1.29 is 9.53 Å². The molecule has 2 aromatic carbocycles. The molecule has 4 nitrogen and oxygen atoms in total. The van der Waals surface area contributed by atoms with Crippen LogP contribution in [0.1, 0.15) is 24.0 Å². The molecule has 4 heteroatoms. The first-order chi connectivity index (χ1) is 11.2. The first kappa shape index (κ1) is 17.0. The largest absolute Gasteiger partial charge is 0.457 e. The topological polar surface area (TPSA) is 50.4 Å². The van der Waals surface area contributed by atoms with Gasteiger partial charge in [-0.25, -0.2) is 0 Å². The van der Waals surface area contributed by atoms with Crippen LogP contribution in [-0.4, -0.2) is 19.5 Å². The van der Waals surface area contributed by atoms with Crippen LogP contribution >= 0.6 is 0 Å². The maximum atomic E-state index is 11.8. The van der Waals surface area contributed by atoms with Gasteiger partial charge in [-0.2, -0.15) is 0 Å². The van der Waals surface area contributed by atoms with Gasteiger partial charge < -0.3 is 15.4 Å². The van der Waals surface area contributed by atoms with E-state index < -0.39 is 0 Å². The van der Waals surface area contributed by atoms with Gasteiger partial charge >= 0.3 is 0 Å². The monoisotopic (exact) mass is 312 g/mol. The van der Waals surface area contributed by atoms with Crippen LogP contribution in [0.2, 0.25) is 0 Å². The lowest BCUT2D eigenvalue weighted by Gasteiger charge is -2.12. The number of para-hydroxylation sites is 1. The maximum Gasteiger partial charge on any atom is 0.220 e. The summed E-state index contributed by atoms with van der Waals surface area (Å²) in [6.45, 7) is 3.35. The molecule has 0 heterocycles. The third kappa shape index (κ3) is 5.75. The van der Waals surface area contributed by atoms with Crippen LogP contribution in [0.25, 0.3) is 0 Å². The van der Waals surface area contributed by atoms with Crippen molar-refractivity contribution in [2.24, 2.45) is 0 Å². The van der Waals surface area contributed by atoms with E-state index in [0.717, 1.165) is 35.6 Å². The Morgan fingerprint density at radius 3 is 2.74 bits per heavy atom. The molecular weight excluding hydrogens is 288 g/mol. The number of ether oxygens (including phenoxy) is 1.